The second-order valence-electron chi connectivity index (χ2n) is 2.87. The summed E-state index contributed by atoms with van der Waals surface area (Å²) in [4.78, 5) is 0. The van der Waals surface area contributed by atoms with Crippen molar-refractivity contribution >= 4 is 0 Å². The van der Waals surface area contributed by atoms with Gasteiger partial charge in [0.15, 0.2) is 0 Å². The topological polar surface area (TPSA) is 12.0 Å². The predicted molar refractivity (Wildman–Crippen MR) is 47.3 cm³/mol. The van der Waals surface area contributed by atoms with Crippen molar-refractivity contribution in [2.45, 2.75) is 45.4 Å². The molecule has 0 atom stereocenters. The SMILES string of the molecule is CCCCCCCCNC. The summed E-state index contributed by atoms with van der Waals surface area (Å²) in [6, 6.07) is 0. The summed E-state index contributed by atoms with van der Waals surface area (Å²) < 4.78 is 0. The molecule has 0 saturated carbocycles. The van der Waals surface area contributed by atoms with Crippen LogP contribution in [-0.4, -0.2) is 13.6 Å². The summed E-state index contributed by atoms with van der Waals surface area (Å²) >= 11 is 0. The largest absolute Gasteiger partial charge is 0.320 e. The van der Waals surface area contributed by atoms with Crippen molar-refractivity contribution in [2.24, 2.45) is 0 Å². The number of rotatable bonds is 7. The van der Waals surface area contributed by atoms with Crippen LogP contribution in [0.1, 0.15) is 45.4 Å². The van der Waals surface area contributed by atoms with Crippen LogP contribution < -0.4 is 5.32 Å². The van der Waals surface area contributed by atoms with Gasteiger partial charge in [-0.05, 0) is 20.0 Å². The van der Waals surface area contributed by atoms with Crippen molar-refractivity contribution in [3.63, 3.8) is 0 Å². The van der Waals surface area contributed by atoms with Crippen molar-refractivity contribution in [2.75, 3.05) is 13.6 Å². The van der Waals surface area contributed by atoms with Gasteiger partial charge in [-0.2, -0.15) is 0 Å². The predicted octanol–water partition coefficient (Wildman–Crippen LogP) is 2.57. The minimum Gasteiger partial charge on any atom is -0.320 e. The van der Waals surface area contributed by atoms with Gasteiger partial charge < -0.3 is 5.32 Å². The maximum Gasteiger partial charge on any atom is -0.00519 e. The van der Waals surface area contributed by atoms with E-state index in [-0.39, 0.29) is 0 Å². The average Bonchev–Trinajstić information content (AvgIpc) is 1.97. The summed E-state index contributed by atoms with van der Waals surface area (Å²) in [7, 11) is 2.02. The molecule has 0 aromatic heterocycles. The van der Waals surface area contributed by atoms with E-state index in [9.17, 15) is 0 Å². The van der Waals surface area contributed by atoms with E-state index in [1.165, 1.54) is 45.1 Å². The van der Waals surface area contributed by atoms with Gasteiger partial charge >= 0.3 is 0 Å². The van der Waals surface area contributed by atoms with Crippen LogP contribution in [0.3, 0.4) is 0 Å². The van der Waals surface area contributed by atoms with Gasteiger partial charge in [0, 0.05) is 0 Å². The minimum absolute atomic E-state index is 1.19. The third-order valence-corrected chi connectivity index (χ3v) is 1.78. The molecule has 0 heterocycles. The van der Waals surface area contributed by atoms with E-state index >= 15 is 0 Å². The van der Waals surface area contributed by atoms with Crippen molar-refractivity contribution < 1.29 is 0 Å². The molecule has 0 radical (unpaired) electrons. The molecule has 0 bridgehead atoms. The highest BCUT2D eigenvalue weighted by atomic mass is 14.8. The molecule has 0 amide bonds. The Balaban J connectivity index is 2.65. The van der Waals surface area contributed by atoms with Crippen LogP contribution >= 0.6 is 0 Å². The summed E-state index contributed by atoms with van der Waals surface area (Å²) in [5.41, 5.74) is 0. The quantitative estimate of drug-likeness (QED) is 0.540. The maximum atomic E-state index is 3.16. The molecule has 0 saturated heterocycles. The van der Waals surface area contributed by atoms with E-state index in [4.69, 9.17) is 0 Å². The minimum atomic E-state index is 1.19. The van der Waals surface area contributed by atoms with Crippen LogP contribution in [0.15, 0.2) is 0 Å². The van der Waals surface area contributed by atoms with Crippen LogP contribution in [0.5, 0.6) is 0 Å². The van der Waals surface area contributed by atoms with Crippen molar-refractivity contribution in [1.29, 1.82) is 0 Å². The highest BCUT2D eigenvalue weighted by Gasteiger charge is 1.87. The molecule has 62 valence electrons. The fourth-order valence-corrected chi connectivity index (χ4v) is 1.08. The molecule has 1 heteroatoms. The number of unbranched alkanes of at least 4 members (excludes halogenated alkanes) is 5. The normalized spacial score (nSPS) is 10.2. The van der Waals surface area contributed by atoms with Crippen LogP contribution in [0.2, 0.25) is 0 Å². The maximum absolute atomic E-state index is 3.16. The molecule has 0 unspecified atom stereocenters. The molecule has 1 nitrogen and oxygen atoms in total. The molecule has 0 aromatic carbocycles. The molecule has 0 aliphatic heterocycles. The number of hydrogen-bond acceptors (Lipinski definition) is 1. The van der Waals surface area contributed by atoms with Gasteiger partial charge in [0.2, 0.25) is 0 Å². The fraction of sp³-hybridized carbons (Fsp3) is 1.00. The average molecular weight is 143 g/mol. The first kappa shape index (κ1) is 9.96. The number of nitrogens with one attached hydrogen (secondary N) is 1. The molecule has 0 aliphatic rings. The molecule has 0 aromatic rings. The van der Waals surface area contributed by atoms with Crippen LogP contribution in [0.25, 0.3) is 0 Å². The zero-order valence-electron chi connectivity index (χ0n) is 7.45. The first-order valence-corrected chi connectivity index (χ1v) is 4.56. The second kappa shape index (κ2) is 8.96. The lowest BCUT2D eigenvalue weighted by Gasteiger charge is -1.98. The van der Waals surface area contributed by atoms with Gasteiger partial charge in [-0.3, -0.25) is 0 Å². The van der Waals surface area contributed by atoms with Gasteiger partial charge in [0.1, 0.15) is 0 Å². The Morgan fingerprint density at radius 1 is 0.900 bits per heavy atom. The van der Waals surface area contributed by atoms with Crippen molar-refractivity contribution in [3.05, 3.63) is 0 Å². The van der Waals surface area contributed by atoms with E-state index < -0.39 is 0 Å². The Kier molecular flexibility index (Phi) is 8.92. The standard InChI is InChI=1S/C9H21N/c1-3-4-5-6-7-8-9-10-2/h10H,3-9H2,1-2H3. The molecular weight excluding hydrogens is 122 g/mol. The van der Waals surface area contributed by atoms with Gasteiger partial charge in [0.05, 0.1) is 0 Å². The summed E-state index contributed by atoms with van der Waals surface area (Å²) in [5, 5.41) is 3.16. The molecule has 0 fully saturated rings. The van der Waals surface area contributed by atoms with Crippen LogP contribution in [-0.2, 0) is 0 Å². The summed E-state index contributed by atoms with van der Waals surface area (Å²) in [5.74, 6) is 0. The molecular formula is C9H21N. The lowest BCUT2D eigenvalue weighted by molar-refractivity contribution is 0.592. The van der Waals surface area contributed by atoms with Gasteiger partial charge in [-0.25, -0.2) is 0 Å². The second-order valence-corrected chi connectivity index (χ2v) is 2.87. The van der Waals surface area contributed by atoms with E-state index in [1.807, 2.05) is 7.05 Å². The van der Waals surface area contributed by atoms with Gasteiger partial charge in [-0.1, -0.05) is 39.0 Å². The Morgan fingerprint density at radius 2 is 1.50 bits per heavy atom. The Morgan fingerprint density at radius 3 is 2.10 bits per heavy atom. The lowest BCUT2D eigenvalue weighted by atomic mass is 10.1. The van der Waals surface area contributed by atoms with Crippen molar-refractivity contribution in [1.82, 2.24) is 5.32 Å². The third kappa shape index (κ3) is 7.96. The zero-order valence-corrected chi connectivity index (χ0v) is 7.45. The Labute approximate surface area is 65.2 Å². The van der Waals surface area contributed by atoms with E-state index in [2.05, 4.69) is 12.2 Å². The highest BCUT2D eigenvalue weighted by Crippen LogP contribution is 2.03. The summed E-state index contributed by atoms with van der Waals surface area (Å²) in [6.07, 6.45) is 8.38. The molecule has 1 N–H and O–H groups in total. The first-order chi connectivity index (χ1) is 4.91. The lowest BCUT2D eigenvalue weighted by Crippen LogP contribution is -2.06. The molecule has 10 heavy (non-hydrogen) atoms. The monoisotopic (exact) mass is 143 g/mol. The Bertz CT molecular complexity index is 44.7. The van der Waals surface area contributed by atoms with Crippen LogP contribution in [0.4, 0.5) is 0 Å². The zero-order chi connectivity index (χ0) is 7.66. The fourth-order valence-electron chi connectivity index (χ4n) is 1.08. The molecule has 0 aliphatic carbocycles. The Hall–Kier alpha value is -0.0400. The van der Waals surface area contributed by atoms with Crippen molar-refractivity contribution in [3.8, 4) is 0 Å². The smallest absolute Gasteiger partial charge is 0.00519 e. The van der Waals surface area contributed by atoms with E-state index in [0.717, 1.165) is 0 Å². The first-order valence-electron chi connectivity index (χ1n) is 4.56. The highest BCUT2D eigenvalue weighted by molar-refractivity contribution is 4.45. The molecule has 0 rings (SSSR count). The van der Waals surface area contributed by atoms with E-state index in [1.54, 1.807) is 0 Å². The molecule has 0 spiro atoms. The van der Waals surface area contributed by atoms with E-state index in [0.29, 0.717) is 0 Å². The summed E-state index contributed by atoms with van der Waals surface area (Å²) in [6.45, 7) is 3.44. The number of hydrogen-bond donors (Lipinski definition) is 1. The van der Waals surface area contributed by atoms with Gasteiger partial charge in [0.25, 0.3) is 0 Å². The van der Waals surface area contributed by atoms with Gasteiger partial charge in [-0.15, -0.1) is 0 Å². The third-order valence-electron chi connectivity index (χ3n) is 1.78. The van der Waals surface area contributed by atoms with Crippen LogP contribution in [0, 0.1) is 0 Å².